The number of carbonyl (C=O) groups is 2. The normalized spacial score (nSPS) is 12.1. The zero-order valence-electron chi connectivity index (χ0n) is 16.8. The number of nitro benzene ring substituents is 1. The number of esters is 2. The molecule has 172 valence electrons. The Hall–Kier alpha value is -3.34. The Labute approximate surface area is 185 Å². The number of nitro groups is 1. The first kappa shape index (κ1) is 24.9. The third kappa shape index (κ3) is 5.88. The van der Waals surface area contributed by atoms with Crippen molar-refractivity contribution in [1.29, 1.82) is 0 Å². The number of benzene rings is 2. The molecular weight excluding hydrogens is 459 g/mol. The molecule has 0 amide bonds. The average molecular weight is 476 g/mol. The van der Waals surface area contributed by atoms with Gasteiger partial charge < -0.3 is 14.2 Å². The van der Waals surface area contributed by atoms with E-state index >= 15 is 0 Å². The van der Waals surface area contributed by atoms with Gasteiger partial charge in [-0.15, -0.1) is 0 Å². The van der Waals surface area contributed by atoms with Crippen LogP contribution < -0.4 is 4.74 Å². The van der Waals surface area contributed by atoms with Crippen molar-refractivity contribution >= 4 is 29.2 Å². The summed E-state index contributed by atoms with van der Waals surface area (Å²) in [4.78, 5) is 34.5. The number of carbonyl (C=O) groups excluding carboxylic acids is 2. The first-order chi connectivity index (χ1) is 15.0. The maximum atomic E-state index is 13.5. The third-order valence-electron chi connectivity index (χ3n) is 4.06. The van der Waals surface area contributed by atoms with E-state index < -0.39 is 45.3 Å². The molecule has 2 rings (SSSR count). The fourth-order valence-corrected chi connectivity index (χ4v) is 2.84. The first-order valence-corrected chi connectivity index (χ1v) is 9.56. The minimum absolute atomic E-state index is 0.0139. The van der Waals surface area contributed by atoms with Crippen LogP contribution in [0.25, 0.3) is 0 Å². The SMILES string of the molecule is CCOC(=O)C(CC)OC(=O)c1c(C(F)(F)F)ccc(Oc2ccc([N+](=O)[O-])cc2)c1Cl. The van der Waals surface area contributed by atoms with Crippen molar-refractivity contribution in [3.05, 3.63) is 62.7 Å². The van der Waals surface area contributed by atoms with E-state index in [0.29, 0.717) is 6.07 Å². The van der Waals surface area contributed by atoms with E-state index in [-0.39, 0.29) is 30.2 Å². The second kappa shape index (κ2) is 10.3. The molecule has 0 aromatic heterocycles. The zero-order chi connectivity index (χ0) is 24.1. The molecule has 0 aliphatic heterocycles. The zero-order valence-corrected chi connectivity index (χ0v) is 17.5. The predicted molar refractivity (Wildman–Crippen MR) is 106 cm³/mol. The first-order valence-electron chi connectivity index (χ1n) is 9.19. The molecule has 8 nitrogen and oxygen atoms in total. The van der Waals surface area contributed by atoms with Gasteiger partial charge in [-0.1, -0.05) is 18.5 Å². The molecule has 0 saturated carbocycles. The maximum Gasteiger partial charge on any atom is 0.417 e. The van der Waals surface area contributed by atoms with E-state index in [1.165, 1.54) is 26.0 Å². The lowest BCUT2D eigenvalue weighted by molar-refractivity contribution is -0.384. The molecule has 0 saturated heterocycles. The predicted octanol–water partition coefficient (Wildman–Crippen LogP) is 5.56. The Bertz CT molecular complexity index is 1010. The van der Waals surface area contributed by atoms with Gasteiger partial charge in [0.05, 0.1) is 27.7 Å². The molecule has 0 radical (unpaired) electrons. The Balaban J connectivity index is 2.44. The van der Waals surface area contributed by atoms with Crippen molar-refractivity contribution in [1.82, 2.24) is 0 Å². The van der Waals surface area contributed by atoms with Gasteiger partial charge in [0.15, 0.2) is 6.10 Å². The van der Waals surface area contributed by atoms with Gasteiger partial charge in [-0.3, -0.25) is 10.1 Å². The number of hydrogen-bond acceptors (Lipinski definition) is 7. The highest BCUT2D eigenvalue weighted by atomic mass is 35.5. The Morgan fingerprint density at radius 1 is 1.12 bits per heavy atom. The minimum Gasteiger partial charge on any atom is -0.463 e. The molecule has 0 heterocycles. The number of hydrogen-bond donors (Lipinski definition) is 0. The lowest BCUT2D eigenvalue weighted by atomic mass is 10.1. The van der Waals surface area contributed by atoms with Gasteiger partial charge in [0.25, 0.3) is 5.69 Å². The Kier molecular flexibility index (Phi) is 8.03. The molecule has 0 aliphatic carbocycles. The highest BCUT2D eigenvalue weighted by Gasteiger charge is 2.39. The Morgan fingerprint density at radius 2 is 1.75 bits per heavy atom. The molecule has 0 aliphatic rings. The highest BCUT2D eigenvalue weighted by Crippen LogP contribution is 2.41. The van der Waals surface area contributed by atoms with Crippen molar-refractivity contribution in [3.63, 3.8) is 0 Å². The lowest BCUT2D eigenvalue weighted by Crippen LogP contribution is -2.29. The molecule has 1 atom stereocenters. The van der Waals surface area contributed by atoms with Crippen LogP contribution in [-0.2, 0) is 20.4 Å². The number of rotatable bonds is 8. The fraction of sp³-hybridized carbons (Fsp3) is 0.300. The van der Waals surface area contributed by atoms with Crippen molar-refractivity contribution in [2.24, 2.45) is 0 Å². The summed E-state index contributed by atoms with van der Waals surface area (Å²) in [7, 11) is 0. The van der Waals surface area contributed by atoms with Crippen molar-refractivity contribution in [2.45, 2.75) is 32.5 Å². The molecule has 2 aromatic carbocycles. The van der Waals surface area contributed by atoms with E-state index in [2.05, 4.69) is 0 Å². The van der Waals surface area contributed by atoms with E-state index in [4.69, 9.17) is 25.8 Å². The van der Waals surface area contributed by atoms with Gasteiger partial charge in [-0.05, 0) is 37.6 Å². The maximum absolute atomic E-state index is 13.5. The van der Waals surface area contributed by atoms with Gasteiger partial charge in [-0.25, -0.2) is 9.59 Å². The van der Waals surface area contributed by atoms with Crippen LogP contribution in [0, 0.1) is 10.1 Å². The number of nitrogens with zero attached hydrogens (tertiary/aromatic N) is 1. The number of alkyl halides is 3. The minimum atomic E-state index is -4.96. The number of ether oxygens (including phenoxy) is 3. The van der Waals surface area contributed by atoms with Crippen LogP contribution >= 0.6 is 11.6 Å². The van der Waals surface area contributed by atoms with E-state index in [9.17, 15) is 32.9 Å². The van der Waals surface area contributed by atoms with Gasteiger partial charge in [0.1, 0.15) is 11.5 Å². The van der Waals surface area contributed by atoms with Crippen molar-refractivity contribution < 1.29 is 41.9 Å². The molecule has 0 bridgehead atoms. The van der Waals surface area contributed by atoms with Crippen LogP contribution in [0.15, 0.2) is 36.4 Å². The van der Waals surface area contributed by atoms with E-state index in [1.54, 1.807) is 0 Å². The molecule has 2 aromatic rings. The van der Waals surface area contributed by atoms with Crippen molar-refractivity contribution in [2.75, 3.05) is 6.61 Å². The van der Waals surface area contributed by atoms with Crippen LogP contribution in [0.2, 0.25) is 5.02 Å². The smallest absolute Gasteiger partial charge is 0.417 e. The van der Waals surface area contributed by atoms with Crippen LogP contribution in [0.1, 0.15) is 36.2 Å². The van der Waals surface area contributed by atoms with Gasteiger partial charge in [0.2, 0.25) is 0 Å². The summed E-state index contributed by atoms with van der Waals surface area (Å²) in [5.41, 5.74) is -2.66. The van der Waals surface area contributed by atoms with E-state index in [1.807, 2.05) is 0 Å². The highest BCUT2D eigenvalue weighted by molar-refractivity contribution is 6.35. The molecule has 1 unspecified atom stereocenters. The molecule has 0 fully saturated rings. The summed E-state index contributed by atoms with van der Waals surface area (Å²) in [5.74, 6) is -2.71. The van der Waals surface area contributed by atoms with Crippen LogP contribution in [-0.4, -0.2) is 29.6 Å². The largest absolute Gasteiger partial charge is 0.463 e. The van der Waals surface area contributed by atoms with Crippen molar-refractivity contribution in [3.8, 4) is 11.5 Å². The number of non-ortho nitro benzene ring substituents is 1. The average Bonchev–Trinajstić information content (AvgIpc) is 2.72. The second-order valence-electron chi connectivity index (χ2n) is 6.21. The molecule has 0 spiro atoms. The van der Waals surface area contributed by atoms with Gasteiger partial charge >= 0.3 is 18.1 Å². The summed E-state index contributed by atoms with van der Waals surface area (Å²) in [6.07, 6.45) is -6.43. The standard InChI is InChI=1S/C20H17ClF3NO7/c1-3-14(18(26)30-4-2)32-19(27)16-13(20(22,23)24)9-10-15(17(16)21)31-12-7-5-11(6-8-12)25(28)29/h5-10,14H,3-4H2,1-2H3. The van der Waals surface area contributed by atoms with Crippen LogP contribution in [0.4, 0.5) is 18.9 Å². The Morgan fingerprint density at radius 3 is 2.25 bits per heavy atom. The molecule has 12 heteroatoms. The number of halogens is 4. The second-order valence-corrected chi connectivity index (χ2v) is 6.58. The molecular formula is C20H17ClF3NO7. The monoisotopic (exact) mass is 475 g/mol. The summed E-state index contributed by atoms with van der Waals surface area (Å²) in [6.45, 7) is 2.99. The summed E-state index contributed by atoms with van der Waals surface area (Å²) < 4.78 is 55.6. The quantitative estimate of drug-likeness (QED) is 0.279. The van der Waals surface area contributed by atoms with Gasteiger partial charge in [0, 0.05) is 12.1 Å². The summed E-state index contributed by atoms with van der Waals surface area (Å²) in [6, 6.07) is 6.12. The van der Waals surface area contributed by atoms with Crippen LogP contribution in [0.3, 0.4) is 0 Å². The topological polar surface area (TPSA) is 105 Å². The lowest BCUT2D eigenvalue weighted by Gasteiger charge is -2.19. The van der Waals surface area contributed by atoms with E-state index in [0.717, 1.165) is 18.2 Å². The molecule has 32 heavy (non-hydrogen) atoms. The summed E-state index contributed by atoms with van der Waals surface area (Å²) in [5, 5.41) is 10.0. The van der Waals surface area contributed by atoms with Gasteiger partial charge in [-0.2, -0.15) is 13.2 Å². The summed E-state index contributed by atoms with van der Waals surface area (Å²) >= 11 is 6.06. The molecule has 0 N–H and O–H groups in total. The fourth-order valence-electron chi connectivity index (χ4n) is 2.56. The third-order valence-corrected chi connectivity index (χ3v) is 4.44. The van der Waals surface area contributed by atoms with Crippen LogP contribution in [0.5, 0.6) is 11.5 Å².